The van der Waals surface area contributed by atoms with Crippen molar-refractivity contribution in [3.63, 3.8) is 0 Å². The Bertz CT molecular complexity index is 681. The highest BCUT2D eigenvalue weighted by Crippen LogP contribution is 2.19. The molecular weight excluding hydrogens is 290 g/mol. The van der Waals surface area contributed by atoms with Crippen LogP contribution in [0.3, 0.4) is 0 Å². The molecule has 1 fully saturated rings. The van der Waals surface area contributed by atoms with Crippen molar-refractivity contribution in [3.8, 4) is 0 Å². The Balaban J connectivity index is 1.53. The van der Waals surface area contributed by atoms with Crippen molar-refractivity contribution < 1.29 is 9.53 Å². The maximum absolute atomic E-state index is 12.0. The van der Waals surface area contributed by atoms with Crippen LogP contribution in [0.4, 0.5) is 5.82 Å². The van der Waals surface area contributed by atoms with E-state index in [0.717, 1.165) is 42.5 Å². The van der Waals surface area contributed by atoms with Crippen LogP contribution in [0.5, 0.6) is 0 Å². The van der Waals surface area contributed by atoms with Crippen molar-refractivity contribution in [2.24, 2.45) is 5.92 Å². The number of hydrogen-bond acceptors (Lipinski definition) is 4. The van der Waals surface area contributed by atoms with Crippen molar-refractivity contribution >= 4 is 22.6 Å². The number of aromatic nitrogens is 1. The standard InChI is InChI=1S/C18H23N3O2/c19-18-15(10-14-5-1-2-6-16(14)21-18)7-8-17(22)20-11-13-4-3-9-23-12-13/h1-2,5-6,10,13H,3-4,7-9,11-12H2,(H2,19,21)(H,20,22). The number of carbonyl (C=O) groups excluding carboxylic acids is 1. The molecule has 0 spiro atoms. The largest absolute Gasteiger partial charge is 0.383 e. The number of hydrogen-bond donors (Lipinski definition) is 2. The fourth-order valence-electron chi connectivity index (χ4n) is 2.94. The molecule has 3 N–H and O–H groups in total. The van der Waals surface area contributed by atoms with E-state index in [9.17, 15) is 4.79 Å². The van der Waals surface area contributed by atoms with Crippen molar-refractivity contribution in [2.45, 2.75) is 25.7 Å². The number of rotatable bonds is 5. The van der Waals surface area contributed by atoms with Gasteiger partial charge in [-0.15, -0.1) is 0 Å². The number of nitrogens with zero attached hydrogens (tertiary/aromatic N) is 1. The minimum Gasteiger partial charge on any atom is -0.383 e. The molecule has 5 heteroatoms. The first-order valence-electron chi connectivity index (χ1n) is 8.21. The van der Waals surface area contributed by atoms with Crippen LogP contribution in [-0.2, 0) is 16.0 Å². The van der Waals surface area contributed by atoms with Crippen LogP contribution in [-0.4, -0.2) is 30.6 Å². The van der Waals surface area contributed by atoms with Gasteiger partial charge in [0.15, 0.2) is 0 Å². The Hall–Kier alpha value is -2.14. The van der Waals surface area contributed by atoms with Crippen molar-refractivity contribution in [1.82, 2.24) is 10.3 Å². The summed E-state index contributed by atoms with van der Waals surface area (Å²) in [6.45, 7) is 2.30. The lowest BCUT2D eigenvalue weighted by Gasteiger charge is -2.22. The molecule has 1 aliphatic heterocycles. The van der Waals surface area contributed by atoms with E-state index in [1.165, 1.54) is 0 Å². The summed E-state index contributed by atoms with van der Waals surface area (Å²) in [7, 11) is 0. The third kappa shape index (κ3) is 4.20. The summed E-state index contributed by atoms with van der Waals surface area (Å²) in [5.41, 5.74) is 7.82. The minimum absolute atomic E-state index is 0.0585. The maximum atomic E-state index is 12.0. The zero-order valence-corrected chi connectivity index (χ0v) is 13.3. The number of para-hydroxylation sites is 1. The number of ether oxygens (including phenoxy) is 1. The quantitative estimate of drug-likeness (QED) is 0.888. The molecule has 2 heterocycles. The maximum Gasteiger partial charge on any atom is 0.220 e. The van der Waals surface area contributed by atoms with Gasteiger partial charge in [-0.1, -0.05) is 18.2 Å². The molecule has 1 saturated heterocycles. The minimum atomic E-state index is 0.0585. The van der Waals surface area contributed by atoms with E-state index in [1.807, 2.05) is 30.3 Å². The van der Waals surface area contributed by atoms with Gasteiger partial charge in [-0.3, -0.25) is 4.79 Å². The van der Waals surface area contributed by atoms with Crippen LogP contribution < -0.4 is 11.1 Å². The van der Waals surface area contributed by atoms with Crippen LogP contribution in [0.15, 0.2) is 30.3 Å². The average molecular weight is 313 g/mol. The molecular formula is C18H23N3O2. The van der Waals surface area contributed by atoms with Crippen LogP contribution in [0.2, 0.25) is 0 Å². The lowest BCUT2D eigenvalue weighted by molar-refractivity contribution is -0.121. The van der Waals surface area contributed by atoms with Gasteiger partial charge in [0.1, 0.15) is 5.82 Å². The van der Waals surface area contributed by atoms with Gasteiger partial charge in [0, 0.05) is 25.0 Å². The van der Waals surface area contributed by atoms with Gasteiger partial charge in [0.25, 0.3) is 0 Å². The second-order valence-electron chi connectivity index (χ2n) is 6.11. The zero-order chi connectivity index (χ0) is 16.1. The zero-order valence-electron chi connectivity index (χ0n) is 13.3. The molecule has 1 unspecified atom stereocenters. The molecule has 3 rings (SSSR count). The van der Waals surface area contributed by atoms with E-state index in [0.29, 0.717) is 31.1 Å². The number of benzene rings is 1. The summed E-state index contributed by atoms with van der Waals surface area (Å²) in [5.74, 6) is 1.01. The molecule has 23 heavy (non-hydrogen) atoms. The molecule has 1 aliphatic rings. The highest BCUT2D eigenvalue weighted by atomic mass is 16.5. The number of nitrogens with one attached hydrogen (secondary N) is 1. The number of aryl methyl sites for hydroxylation is 1. The molecule has 1 aromatic heterocycles. The Labute approximate surface area is 136 Å². The Morgan fingerprint density at radius 2 is 2.26 bits per heavy atom. The molecule has 0 aliphatic carbocycles. The predicted octanol–water partition coefficient (Wildman–Crippen LogP) is 2.29. The first-order valence-corrected chi connectivity index (χ1v) is 8.21. The summed E-state index contributed by atoms with van der Waals surface area (Å²) < 4.78 is 5.42. The van der Waals surface area contributed by atoms with Crippen LogP contribution in [0.1, 0.15) is 24.8 Å². The topological polar surface area (TPSA) is 77.2 Å². The van der Waals surface area contributed by atoms with Gasteiger partial charge in [0.05, 0.1) is 12.1 Å². The van der Waals surface area contributed by atoms with Crippen molar-refractivity contribution in [2.75, 3.05) is 25.5 Å². The highest BCUT2D eigenvalue weighted by Gasteiger charge is 2.15. The number of fused-ring (bicyclic) bond motifs is 1. The van der Waals surface area contributed by atoms with E-state index >= 15 is 0 Å². The molecule has 1 aromatic carbocycles. The summed E-state index contributed by atoms with van der Waals surface area (Å²) >= 11 is 0. The second kappa shape index (κ2) is 7.42. The third-order valence-corrected chi connectivity index (χ3v) is 4.30. The first-order chi connectivity index (χ1) is 11.2. The second-order valence-corrected chi connectivity index (χ2v) is 6.11. The Kier molecular flexibility index (Phi) is 5.08. The molecule has 2 aromatic rings. The van der Waals surface area contributed by atoms with Gasteiger partial charge < -0.3 is 15.8 Å². The third-order valence-electron chi connectivity index (χ3n) is 4.30. The van der Waals surface area contributed by atoms with Crippen molar-refractivity contribution in [3.05, 3.63) is 35.9 Å². The average Bonchev–Trinajstić information content (AvgIpc) is 2.59. The molecule has 0 saturated carbocycles. The number of nitrogen functional groups attached to an aromatic ring is 1. The van der Waals surface area contributed by atoms with E-state index in [1.54, 1.807) is 0 Å². The highest BCUT2D eigenvalue weighted by molar-refractivity contribution is 5.82. The van der Waals surface area contributed by atoms with Crippen molar-refractivity contribution in [1.29, 1.82) is 0 Å². The SMILES string of the molecule is Nc1nc2ccccc2cc1CCC(=O)NCC1CCCOC1. The smallest absolute Gasteiger partial charge is 0.220 e. The molecule has 122 valence electrons. The summed E-state index contributed by atoms with van der Waals surface area (Å²) in [4.78, 5) is 16.4. The molecule has 1 atom stereocenters. The summed E-state index contributed by atoms with van der Waals surface area (Å²) in [6, 6.07) is 9.89. The molecule has 0 bridgehead atoms. The molecule has 0 radical (unpaired) electrons. The number of nitrogens with two attached hydrogens (primary N) is 1. The number of amides is 1. The van der Waals surface area contributed by atoms with E-state index < -0.39 is 0 Å². The van der Waals surface area contributed by atoms with Gasteiger partial charge in [-0.2, -0.15) is 0 Å². The van der Waals surface area contributed by atoms with E-state index in [2.05, 4.69) is 10.3 Å². The first kappa shape index (κ1) is 15.7. The lowest BCUT2D eigenvalue weighted by Crippen LogP contribution is -2.33. The van der Waals surface area contributed by atoms with E-state index in [4.69, 9.17) is 10.5 Å². The van der Waals surface area contributed by atoms with Gasteiger partial charge in [-0.25, -0.2) is 4.98 Å². The van der Waals surface area contributed by atoms with Gasteiger partial charge >= 0.3 is 0 Å². The monoisotopic (exact) mass is 313 g/mol. The van der Waals surface area contributed by atoms with Crippen LogP contribution >= 0.6 is 0 Å². The molecule has 5 nitrogen and oxygen atoms in total. The molecule has 1 amide bonds. The lowest BCUT2D eigenvalue weighted by atomic mass is 10.0. The summed E-state index contributed by atoms with van der Waals surface area (Å²) in [5, 5.41) is 4.05. The summed E-state index contributed by atoms with van der Waals surface area (Å²) in [6.07, 6.45) is 3.25. The van der Waals surface area contributed by atoms with Gasteiger partial charge in [-0.05, 0) is 42.9 Å². The fraction of sp³-hybridized carbons (Fsp3) is 0.444. The van der Waals surface area contributed by atoms with Gasteiger partial charge in [0.2, 0.25) is 5.91 Å². The predicted molar refractivity (Wildman–Crippen MR) is 91.0 cm³/mol. The van der Waals surface area contributed by atoms with Crippen LogP contribution in [0, 0.1) is 5.92 Å². The fourth-order valence-corrected chi connectivity index (χ4v) is 2.94. The number of carbonyl (C=O) groups is 1. The van der Waals surface area contributed by atoms with E-state index in [-0.39, 0.29) is 5.91 Å². The Morgan fingerprint density at radius 3 is 3.09 bits per heavy atom. The Morgan fingerprint density at radius 1 is 1.39 bits per heavy atom. The normalized spacial score (nSPS) is 18.0. The number of pyridine rings is 1. The van der Waals surface area contributed by atoms with Crippen LogP contribution in [0.25, 0.3) is 10.9 Å². The number of anilines is 1.